The highest BCUT2D eigenvalue weighted by Crippen LogP contribution is 2.31. The van der Waals surface area contributed by atoms with Gasteiger partial charge in [0.15, 0.2) is 0 Å². The van der Waals surface area contributed by atoms with Crippen LogP contribution in [0.5, 0.6) is 0 Å². The van der Waals surface area contributed by atoms with Gasteiger partial charge in [0.1, 0.15) is 18.4 Å². The number of halogens is 3. The van der Waals surface area contributed by atoms with Crippen molar-refractivity contribution in [1.29, 1.82) is 0 Å². The van der Waals surface area contributed by atoms with Gasteiger partial charge in [0.2, 0.25) is 21.8 Å². The average molecular weight is 621 g/mol. The van der Waals surface area contributed by atoms with Gasteiger partial charge < -0.3 is 10.2 Å². The zero-order valence-corrected chi connectivity index (χ0v) is 24.9. The lowest BCUT2D eigenvalue weighted by molar-refractivity contribution is -0.140. The van der Waals surface area contributed by atoms with E-state index in [2.05, 4.69) is 5.32 Å². The Balaban J connectivity index is 1.75. The molecular formula is C30H32Cl2FN3O4S. The Hall–Kier alpha value is -3.14. The minimum absolute atomic E-state index is 0.0217. The van der Waals surface area contributed by atoms with E-state index in [9.17, 15) is 22.4 Å². The van der Waals surface area contributed by atoms with Crippen LogP contribution in [0.15, 0.2) is 72.8 Å². The standard InChI is InChI=1S/C30H32Cl2FN3O4S/c1-41(39,40)36(27-16-15-23(31)18-25(27)32)20-29(37)35(19-22-11-5-8-14-26(22)33)28(17-21-9-3-2-4-10-21)30(38)34-24-12-6-7-13-24/h2-5,8-11,14-16,18,24,28H,6-7,12-13,17,19-20H2,1H3,(H,34,38)/t28-/m0/s1. The summed E-state index contributed by atoms with van der Waals surface area (Å²) in [5, 5.41) is 3.41. The van der Waals surface area contributed by atoms with Crippen LogP contribution in [0.1, 0.15) is 36.8 Å². The van der Waals surface area contributed by atoms with E-state index >= 15 is 0 Å². The molecule has 0 radical (unpaired) electrons. The van der Waals surface area contributed by atoms with Crippen LogP contribution in [0.2, 0.25) is 10.0 Å². The molecule has 0 unspecified atom stereocenters. The van der Waals surface area contributed by atoms with Crippen molar-refractivity contribution in [3.63, 3.8) is 0 Å². The molecule has 11 heteroatoms. The lowest BCUT2D eigenvalue weighted by Crippen LogP contribution is -2.54. The summed E-state index contributed by atoms with van der Waals surface area (Å²) in [6.07, 6.45) is 4.78. The van der Waals surface area contributed by atoms with Crippen molar-refractivity contribution in [3.05, 3.63) is 99.8 Å². The van der Waals surface area contributed by atoms with Crippen LogP contribution in [0.4, 0.5) is 10.1 Å². The smallest absolute Gasteiger partial charge is 0.244 e. The third-order valence-electron chi connectivity index (χ3n) is 7.13. The van der Waals surface area contributed by atoms with Crippen molar-refractivity contribution in [2.75, 3.05) is 17.1 Å². The molecule has 1 N–H and O–H groups in total. The average Bonchev–Trinajstić information content (AvgIpc) is 3.43. The topological polar surface area (TPSA) is 86.8 Å². The second-order valence-electron chi connectivity index (χ2n) is 10.2. The van der Waals surface area contributed by atoms with E-state index in [0.29, 0.717) is 5.02 Å². The second-order valence-corrected chi connectivity index (χ2v) is 12.9. The van der Waals surface area contributed by atoms with E-state index in [-0.39, 0.29) is 41.2 Å². The Bertz CT molecular complexity index is 1480. The lowest BCUT2D eigenvalue weighted by atomic mass is 10.0. The molecule has 7 nitrogen and oxygen atoms in total. The third-order valence-corrected chi connectivity index (χ3v) is 8.79. The van der Waals surface area contributed by atoms with E-state index in [1.165, 1.54) is 41.3 Å². The molecule has 3 aromatic carbocycles. The van der Waals surface area contributed by atoms with E-state index in [0.717, 1.165) is 41.8 Å². The van der Waals surface area contributed by atoms with Crippen molar-refractivity contribution >= 4 is 50.7 Å². The molecule has 218 valence electrons. The van der Waals surface area contributed by atoms with Gasteiger partial charge in [-0.1, -0.05) is 84.6 Å². The number of hydrogen-bond acceptors (Lipinski definition) is 4. The summed E-state index contributed by atoms with van der Waals surface area (Å²) >= 11 is 12.3. The molecule has 1 aliphatic carbocycles. The third kappa shape index (κ3) is 8.21. The van der Waals surface area contributed by atoms with Crippen molar-refractivity contribution in [3.8, 4) is 0 Å². The second kappa shape index (κ2) is 13.7. The van der Waals surface area contributed by atoms with Gasteiger partial charge in [-0.15, -0.1) is 0 Å². The van der Waals surface area contributed by atoms with Gasteiger partial charge in [-0.3, -0.25) is 13.9 Å². The summed E-state index contributed by atoms with van der Waals surface area (Å²) < 4.78 is 41.5. The number of sulfonamides is 1. The first kappa shape index (κ1) is 30.8. The van der Waals surface area contributed by atoms with Crippen LogP contribution in [0, 0.1) is 5.82 Å². The first-order valence-electron chi connectivity index (χ1n) is 13.3. The summed E-state index contributed by atoms with van der Waals surface area (Å²) in [7, 11) is -4.00. The van der Waals surface area contributed by atoms with E-state index in [1.807, 2.05) is 30.3 Å². The van der Waals surface area contributed by atoms with Gasteiger partial charge in [-0.05, 0) is 42.7 Å². The molecule has 0 aromatic heterocycles. The summed E-state index contributed by atoms with van der Waals surface area (Å²) in [6, 6.07) is 18.4. The largest absolute Gasteiger partial charge is 0.352 e. The highest BCUT2D eigenvalue weighted by Gasteiger charge is 2.35. The van der Waals surface area contributed by atoms with Crippen LogP contribution in [0.3, 0.4) is 0 Å². The minimum atomic E-state index is -4.00. The zero-order valence-electron chi connectivity index (χ0n) is 22.6. The molecule has 4 rings (SSSR count). The molecule has 0 saturated heterocycles. The fourth-order valence-corrected chi connectivity index (χ4v) is 6.43. The predicted molar refractivity (Wildman–Crippen MR) is 160 cm³/mol. The Labute approximate surface area is 250 Å². The van der Waals surface area contributed by atoms with Crippen molar-refractivity contribution in [2.45, 2.75) is 50.7 Å². The fourth-order valence-electron chi connectivity index (χ4n) is 5.01. The number of anilines is 1. The fraction of sp³-hybridized carbons (Fsp3) is 0.333. The highest BCUT2D eigenvalue weighted by molar-refractivity contribution is 7.92. The van der Waals surface area contributed by atoms with Crippen LogP contribution in [-0.4, -0.2) is 50.0 Å². The molecule has 1 saturated carbocycles. The van der Waals surface area contributed by atoms with Gasteiger partial charge in [-0.25, -0.2) is 12.8 Å². The molecule has 41 heavy (non-hydrogen) atoms. The number of amides is 2. The summed E-state index contributed by atoms with van der Waals surface area (Å²) in [4.78, 5) is 29.2. The monoisotopic (exact) mass is 619 g/mol. The molecule has 0 aliphatic heterocycles. The zero-order chi connectivity index (χ0) is 29.6. The first-order chi connectivity index (χ1) is 19.5. The molecule has 1 fully saturated rings. The maximum atomic E-state index is 14.9. The number of hydrogen-bond donors (Lipinski definition) is 1. The SMILES string of the molecule is CS(=O)(=O)N(CC(=O)N(Cc1ccccc1F)[C@@H](Cc1ccccc1)C(=O)NC1CCCC1)c1ccc(Cl)cc1Cl. The van der Waals surface area contributed by atoms with Gasteiger partial charge in [-0.2, -0.15) is 0 Å². The molecule has 0 spiro atoms. The molecule has 0 heterocycles. The molecule has 2 amide bonds. The van der Waals surface area contributed by atoms with Gasteiger partial charge >= 0.3 is 0 Å². The first-order valence-corrected chi connectivity index (χ1v) is 15.9. The van der Waals surface area contributed by atoms with Crippen LogP contribution < -0.4 is 9.62 Å². The maximum absolute atomic E-state index is 14.9. The van der Waals surface area contributed by atoms with Gasteiger partial charge in [0.25, 0.3) is 0 Å². The van der Waals surface area contributed by atoms with Crippen LogP contribution in [-0.2, 0) is 32.6 Å². The summed E-state index contributed by atoms with van der Waals surface area (Å²) in [5.74, 6) is -1.60. The number of benzene rings is 3. The molecule has 0 bridgehead atoms. The number of nitrogens with one attached hydrogen (secondary N) is 1. The highest BCUT2D eigenvalue weighted by atomic mass is 35.5. The predicted octanol–water partition coefficient (Wildman–Crippen LogP) is 5.60. The number of carbonyl (C=O) groups excluding carboxylic acids is 2. The van der Waals surface area contributed by atoms with E-state index < -0.39 is 34.3 Å². The van der Waals surface area contributed by atoms with Gasteiger partial charge in [0, 0.05) is 29.6 Å². The van der Waals surface area contributed by atoms with Crippen LogP contribution >= 0.6 is 23.2 Å². The molecule has 3 aromatic rings. The summed E-state index contributed by atoms with van der Waals surface area (Å²) in [6.45, 7) is -0.899. The van der Waals surface area contributed by atoms with E-state index in [4.69, 9.17) is 23.2 Å². The van der Waals surface area contributed by atoms with Crippen molar-refractivity contribution in [1.82, 2.24) is 10.2 Å². The maximum Gasteiger partial charge on any atom is 0.244 e. The van der Waals surface area contributed by atoms with Crippen molar-refractivity contribution in [2.24, 2.45) is 0 Å². The quantitative estimate of drug-likeness (QED) is 0.303. The molecule has 1 aliphatic rings. The van der Waals surface area contributed by atoms with Crippen LogP contribution in [0.25, 0.3) is 0 Å². The Morgan fingerprint density at radius 2 is 1.66 bits per heavy atom. The Morgan fingerprint density at radius 3 is 2.29 bits per heavy atom. The lowest BCUT2D eigenvalue weighted by Gasteiger charge is -2.34. The van der Waals surface area contributed by atoms with Gasteiger partial charge in [0.05, 0.1) is 17.0 Å². The molecular weight excluding hydrogens is 588 g/mol. The number of rotatable bonds is 11. The van der Waals surface area contributed by atoms with E-state index in [1.54, 1.807) is 6.07 Å². The minimum Gasteiger partial charge on any atom is -0.352 e. The normalized spacial score (nSPS) is 14.4. The summed E-state index contributed by atoms with van der Waals surface area (Å²) in [5.41, 5.74) is 1.06. The van der Waals surface area contributed by atoms with Crippen molar-refractivity contribution < 1.29 is 22.4 Å². The Kier molecular flexibility index (Phi) is 10.3. The number of carbonyl (C=O) groups is 2. The number of nitrogens with zero attached hydrogens (tertiary/aromatic N) is 2. The molecule has 1 atom stereocenters. The Morgan fingerprint density at radius 1 is 1.00 bits per heavy atom.